The smallest absolute Gasteiger partial charge is 0.200 e. The molecule has 10 heteroatoms. The van der Waals surface area contributed by atoms with E-state index >= 15 is 0 Å². The SMILES string of the molecule is Cc1nc2cc(-c3nn(C(C)c4oc5ccccc5c(=O)c4-c4cccc(F)c4)c4ncnc(N)c34)ccc2[nH]1. The summed E-state index contributed by atoms with van der Waals surface area (Å²) in [5, 5.41) is 5.90. The first-order valence-electron chi connectivity index (χ1n) is 12.7. The van der Waals surface area contributed by atoms with Crippen molar-refractivity contribution in [2.75, 3.05) is 5.73 Å². The molecule has 4 heterocycles. The first-order valence-corrected chi connectivity index (χ1v) is 12.7. The minimum atomic E-state index is -0.627. The monoisotopic (exact) mass is 531 g/mol. The molecular weight excluding hydrogens is 509 g/mol. The van der Waals surface area contributed by atoms with Crippen LogP contribution in [0.1, 0.15) is 24.6 Å². The van der Waals surface area contributed by atoms with E-state index in [2.05, 4.69) is 19.9 Å². The molecule has 0 aliphatic rings. The summed E-state index contributed by atoms with van der Waals surface area (Å²) in [4.78, 5) is 30.3. The lowest BCUT2D eigenvalue weighted by molar-refractivity contribution is 0.446. The van der Waals surface area contributed by atoms with Crippen molar-refractivity contribution in [1.29, 1.82) is 0 Å². The van der Waals surface area contributed by atoms with Crippen LogP contribution in [0.4, 0.5) is 10.2 Å². The van der Waals surface area contributed by atoms with Gasteiger partial charge in [0, 0.05) is 5.56 Å². The first-order chi connectivity index (χ1) is 19.4. The van der Waals surface area contributed by atoms with Gasteiger partial charge >= 0.3 is 0 Å². The Kier molecular flexibility index (Phi) is 5.24. The number of aromatic amines is 1. The second-order valence-corrected chi connectivity index (χ2v) is 9.66. The Bertz CT molecular complexity index is 2160. The maximum atomic E-state index is 14.3. The average Bonchev–Trinajstić information content (AvgIpc) is 3.53. The highest BCUT2D eigenvalue weighted by Crippen LogP contribution is 2.36. The molecule has 1 atom stereocenters. The van der Waals surface area contributed by atoms with E-state index in [9.17, 15) is 9.18 Å². The van der Waals surface area contributed by atoms with Gasteiger partial charge in [-0.3, -0.25) is 4.79 Å². The van der Waals surface area contributed by atoms with Gasteiger partial charge in [-0.1, -0.05) is 30.3 Å². The second kappa shape index (κ2) is 8.84. The molecule has 0 bridgehead atoms. The Morgan fingerprint density at radius 3 is 2.73 bits per heavy atom. The molecular formula is C30H22FN7O2. The van der Waals surface area contributed by atoms with E-state index in [0.717, 1.165) is 22.4 Å². The molecule has 9 nitrogen and oxygen atoms in total. The van der Waals surface area contributed by atoms with Gasteiger partial charge < -0.3 is 15.1 Å². The number of rotatable bonds is 4. The summed E-state index contributed by atoms with van der Waals surface area (Å²) in [6.07, 6.45) is 1.37. The number of H-pyrrole nitrogens is 1. The topological polar surface area (TPSA) is 129 Å². The molecule has 0 aliphatic carbocycles. The molecule has 0 saturated carbocycles. The van der Waals surface area contributed by atoms with Crippen LogP contribution >= 0.6 is 0 Å². The van der Waals surface area contributed by atoms with Gasteiger partial charge in [-0.05, 0) is 55.8 Å². The number of nitrogen functional groups attached to an aromatic ring is 1. The number of nitrogens with zero attached hydrogens (tertiary/aromatic N) is 5. The Morgan fingerprint density at radius 1 is 1.02 bits per heavy atom. The zero-order valence-electron chi connectivity index (χ0n) is 21.5. The van der Waals surface area contributed by atoms with E-state index in [1.807, 2.05) is 32.0 Å². The molecule has 0 spiro atoms. The van der Waals surface area contributed by atoms with E-state index in [4.69, 9.17) is 15.2 Å². The predicted octanol–water partition coefficient (Wildman–Crippen LogP) is 5.78. The van der Waals surface area contributed by atoms with Crippen LogP contribution in [0, 0.1) is 12.7 Å². The van der Waals surface area contributed by atoms with Crippen LogP contribution in [-0.4, -0.2) is 29.7 Å². The molecule has 0 aliphatic heterocycles. The zero-order valence-corrected chi connectivity index (χ0v) is 21.5. The van der Waals surface area contributed by atoms with Crippen molar-refractivity contribution in [3.8, 4) is 22.4 Å². The number of aromatic nitrogens is 6. The van der Waals surface area contributed by atoms with Gasteiger partial charge in [0.2, 0.25) is 5.43 Å². The lowest BCUT2D eigenvalue weighted by atomic mass is 9.99. The number of para-hydroxylation sites is 1. The van der Waals surface area contributed by atoms with Gasteiger partial charge in [0.25, 0.3) is 0 Å². The molecule has 196 valence electrons. The highest BCUT2D eigenvalue weighted by molar-refractivity contribution is 5.99. The number of hydrogen-bond donors (Lipinski definition) is 2. The maximum Gasteiger partial charge on any atom is 0.200 e. The number of hydrogen-bond acceptors (Lipinski definition) is 7. The molecule has 3 N–H and O–H groups in total. The highest BCUT2D eigenvalue weighted by atomic mass is 19.1. The second-order valence-electron chi connectivity index (χ2n) is 9.66. The first kappa shape index (κ1) is 23.7. The molecule has 0 radical (unpaired) electrons. The molecule has 7 rings (SSSR count). The van der Waals surface area contributed by atoms with Gasteiger partial charge in [-0.15, -0.1) is 0 Å². The van der Waals surface area contributed by atoms with Gasteiger partial charge in [0.15, 0.2) is 5.65 Å². The molecule has 1 unspecified atom stereocenters. The fourth-order valence-electron chi connectivity index (χ4n) is 5.23. The molecule has 4 aromatic heterocycles. The van der Waals surface area contributed by atoms with Gasteiger partial charge in [0.05, 0.1) is 27.4 Å². The number of anilines is 1. The van der Waals surface area contributed by atoms with Crippen molar-refractivity contribution < 1.29 is 8.81 Å². The summed E-state index contributed by atoms with van der Waals surface area (Å²) in [7, 11) is 0. The molecule has 0 amide bonds. The van der Waals surface area contributed by atoms with Crippen LogP contribution in [-0.2, 0) is 0 Å². The van der Waals surface area contributed by atoms with Crippen LogP contribution in [0.25, 0.3) is 55.4 Å². The number of benzene rings is 3. The third-order valence-corrected chi connectivity index (χ3v) is 7.08. The Labute approximate surface area is 226 Å². The Morgan fingerprint density at radius 2 is 1.88 bits per heavy atom. The predicted molar refractivity (Wildman–Crippen MR) is 151 cm³/mol. The van der Waals surface area contributed by atoms with Crippen LogP contribution < -0.4 is 11.2 Å². The van der Waals surface area contributed by atoms with Crippen LogP contribution in [0.2, 0.25) is 0 Å². The third-order valence-electron chi connectivity index (χ3n) is 7.08. The highest BCUT2D eigenvalue weighted by Gasteiger charge is 2.27. The van der Waals surface area contributed by atoms with Crippen molar-refractivity contribution in [3.63, 3.8) is 0 Å². The fraction of sp³-hybridized carbons (Fsp3) is 0.100. The zero-order chi connectivity index (χ0) is 27.5. The lowest BCUT2D eigenvalue weighted by Gasteiger charge is -2.17. The van der Waals surface area contributed by atoms with Gasteiger partial charge in [-0.2, -0.15) is 5.10 Å². The number of aryl methyl sites for hydroxylation is 1. The van der Waals surface area contributed by atoms with Gasteiger partial charge in [-0.25, -0.2) is 24.0 Å². The fourth-order valence-corrected chi connectivity index (χ4v) is 5.23. The van der Waals surface area contributed by atoms with Crippen LogP contribution in [0.5, 0.6) is 0 Å². The van der Waals surface area contributed by atoms with Crippen molar-refractivity contribution >= 4 is 38.9 Å². The van der Waals surface area contributed by atoms with Crippen LogP contribution in [0.15, 0.2) is 82.3 Å². The summed E-state index contributed by atoms with van der Waals surface area (Å²) >= 11 is 0. The van der Waals surface area contributed by atoms with E-state index in [1.165, 1.54) is 18.5 Å². The van der Waals surface area contributed by atoms with E-state index in [1.54, 1.807) is 41.1 Å². The van der Waals surface area contributed by atoms with Crippen molar-refractivity contribution in [2.24, 2.45) is 0 Å². The third kappa shape index (κ3) is 3.64. The summed E-state index contributed by atoms with van der Waals surface area (Å²) in [6.45, 7) is 3.75. The Balaban J connectivity index is 1.49. The number of halogens is 1. The number of imidazole rings is 1. The molecule has 40 heavy (non-hydrogen) atoms. The van der Waals surface area contributed by atoms with E-state index < -0.39 is 11.9 Å². The molecule has 3 aromatic carbocycles. The number of nitrogens with one attached hydrogen (secondary N) is 1. The summed E-state index contributed by atoms with van der Waals surface area (Å²) in [5.74, 6) is 0.929. The standard InChI is InChI=1S/C30H22FN7O2/c1-15(28-24(17-6-5-7-19(31)12-17)27(39)20-8-3-4-9-23(20)40-28)38-30-25(29(32)33-14-34-30)26(37-38)18-10-11-21-22(13-18)36-16(2)35-21/h3-15H,1-2H3,(H,35,36)(H2,32,33,34). The number of fused-ring (bicyclic) bond motifs is 3. The largest absolute Gasteiger partial charge is 0.458 e. The van der Waals surface area contributed by atoms with E-state index in [-0.39, 0.29) is 16.8 Å². The molecule has 7 aromatic rings. The summed E-state index contributed by atoms with van der Waals surface area (Å²) in [5.41, 5.74) is 10.7. The summed E-state index contributed by atoms with van der Waals surface area (Å²) in [6, 6.07) is 18.1. The average molecular weight is 532 g/mol. The van der Waals surface area contributed by atoms with Crippen molar-refractivity contribution in [2.45, 2.75) is 19.9 Å². The maximum absolute atomic E-state index is 14.3. The van der Waals surface area contributed by atoms with Crippen molar-refractivity contribution in [3.05, 3.63) is 101 Å². The quantitative estimate of drug-likeness (QED) is 0.294. The normalized spacial score (nSPS) is 12.5. The van der Waals surface area contributed by atoms with E-state index in [0.29, 0.717) is 39.0 Å². The van der Waals surface area contributed by atoms with Crippen LogP contribution in [0.3, 0.4) is 0 Å². The number of nitrogens with two attached hydrogens (primary N) is 1. The Hall–Kier alpha value is -5.38. The minimum Gasteiger partial charge on any atom is -0.458 e. The molecule has 0 saturated heterocycles. The summed E-state index contributed by atoms with van der Waals surface area (Å²) < 4.78 is 22.4. The van der Waals surface area contributed by atoms with Crippen molar-refractivity contribution in [1.82, 2.24) is 29.7 Å². The lowest BCUT2D eigenvalue weighted by Crippen LogP contribution is -2.16. The minimum absolute atomic E-state index is 0.256. The molecule has 0 fully saturated rings. The van der Waals surface area contributed by atoms with Gasteiger partial charge in [0.1, 0.15) is 46.9 Å².